The lowest BCUT2D eigenvalue weighted by atomic mass is 10.2. The van der Waals surface area contributed by atoms with Crippen LogP contribution in [0.2, 0.25) is 0 Å². The summed E-state index contributed by atoms with van der Waals surface area (Å²) in [6.45, 7) is 3.63. The molecule has 1 aliphatic rings. The normalized spacial score (nSPS) is 17.1. The molecule has 1 aliphatic heterocycles. The molecule has 0 bridgehead atoms. The summed E-state index contributed by atoms with van der Waals surface area (Å²) in [5.41, 5.74) is 2.43. The Morgan fingerprint density at radius 2 is 2.00 bits per heavy atom. The third kappa shape index (κ3) is 2.19. The average molecular weight is 228 g/mol. The molecule has 2 heterocycles. The molecule has 2 aromatic rings. The van der Waals surface area contributed by atoms with E-state index in [0.717, 1.165) is 26.3 Å². The van der Waals surface area contributed by atoms with Crippen molar-refractivity contribution in [1.29, 1.82) is 0 Å². The number of H-pyrrole nitrogens is 1. The number of hydrogen-bond acceptors (Lipinski definition) is 2. The van der Waals surface area contributed by atoms with Gasteiger partial charge in [0.05, 0.1) is 13.2 Å². The minimum Gasteiger partial charge on any atom is -0.378 e. The summed E-state index contributed by atoms with van der Waals surface area (Å²) in [6, 6.07) is 8.36. The van der Waals surface area contributed by atoms with Gasteiger partial charge in [-0.1, -0.05) is 18.2 Å². The second kappa shape index (κ2) is 4.63. The number of aromatic nitrogens is 1. The topological polar surface area (TPSA) is 28.3 Å². The van der Waals surface area contributed by atoms with Gasteiger partial charge in [-0.05, 0) is 18.3 Å². The van der Waals surface area contributed by atoms with Crippen molar-refractivity contribution in [3.8, 4) is 0 Å². The van der Waals surface area contributed by atoms with Gasteiger partial charge in [0.25, 0.3) is 0 Å². The maximum absolute atomic E-state index is 5.33. The Hall–Kier alpha value is -1.74. The number of aromatic amines is 1. The molecule has 1 fully saturated rings. The van der Waals surface area contributed by atoms with Crippen molar-refractivity contribution < 1.29 is 4.74 Å². The molecule has 1 aromatic heterocycles. The van der Waals surface area contributed by atoms with Gasteiger partial charge in [0.2, 0.25) is 0 Å². The van der Waals surface area contributed by atoms with Crippen molar-refractivity contribution in [2.24, 2.45) is 0 Å². The zero-order chi connectivity index (χ0) is 11.5. The van der Waals surface area contributed by atoms with Gasteiger partial charge in [0.1, 0.15) is 0 Å². The predicted octanol–water partition coefficient (Wildman–Crippen LogP) is 2.47. The molecule has 1 aromatic carbocycles. The van der Waals surface area contributed by atoms with E-state index in [1.54, 1.807) is 0 Å². The Morgan fingerprint density at radius 3 is 2.88 bits per heavy atom. The molecule has 1 saturated heterocycles. The Balaban J connectivity index is 1.82. The van der Waals surface area contributed by atoms with Crippen LogP contribution in [-0.2, 0) is 4.74 Å². The van der Waals surface area contributed by atoms with Crippen LogP contribution in [0.1, 0.15) is 5.56 Å². The molecule has 3 rings (SSSR count). The van der Waals surface area contributed by atoms with Crippen molar-refractivity contribution in [2.75, 3.05) is 26.3 Å². The molecule has 0 amide bonds. The maximum atomic E-state index is 5.33. The molecule has 0 unspecified atom stereocenters. The predicted molar refractivity (Wildman–Crippen MR) is 69.7 cm³/mol. The minimum absolute atomic E-state index is 0.832. The fourth-order valence-corrected chi connectivity index (χ4v) is 2.14. The van der Waals surface area contributed by atoms with Gasteiger partial charge in [-0.25, -0.2) is 0 Å². The van der Waals surface area contributed by atoms with E-state index in [1.165, 1.54) is 16.5 Å². The summed E-state index contributed by atoms with van der Waals surface area (Å²) in [5, 5.41) is 1.28. The largest absolute Gasteiger partial charge is 0.378 e. The summed E-state index contributed by atoms with van der Waals surface area (Å²) in [5.74, 6) is 0. The van der Waals surface area contributed by atoms with E-state index in [4.69, 9.17) is 4.74 Å². The SMILES string of the molecule is C(=CN1CCOCC1)c1c[nH]c2ccccc12. The van der Waals surface area contributed by atoms with E-state index >= 15 is 0 Å². The highest BCUT2D eigenvalue weighted by Crippen LogP contribution is 2.19. The van der Waals surface area contributed by atoms with Crippen LogP contribution in [0.3, 0.4) is 0 Å². The maximum Gasteiger partial charge on any atom is 0.0642 e. The Kier molecular flexibility index (Phi) is 2.84. The second-order valence-electron chi connectivity index (χ2n) is 4.25. The van der Waals surface area contributed by atoms with Crippen LogP contribution in [0.4, 0.5) is 0 Å². The summed E-state index contributed by atoms with van der Waals surface area (Å²) in [4.78, 5) is 5.58. The van der Waals surface area contributed by atoms with Crippen molar-refractivity contribution >= 4 is 17.0 Å². The zero-order valence-electron chi connectivity index (χ0n) is 9.73. The van der Waals surface area contributed by atoms with Crippen molar-refractivity contribution in [1.82, 2.24) is 9.88 Å². The van der Waals surface area contributed by atoms with Gasteiger partial charge in [0.15, 0.2) is 0 Å². The van der Waals surface area contributed by atoms with Crippen LogP contribution >= 0.6 is 0 Å². The first-order chi connectivity index (χ1) is 8.43. The fraction of sp³-hybridized carbons (Fsp3) is 0.286. The molecule has 1 N–H and O–H groups in total. The van der Waals surface area contributed by atoms with Gasteiger partial charge in [-0.15, -0.1) is 0 Å². The number of nitrogens with one attached hydrogen (secondary N) is 1. The first-order valence-electron chi connectivity index (χ1n) is 5.99. The van der Waals surface area contributed by atoms with Crippen LogP contribution in [0, 0.1) is 0 Å². The number of benzene rings is 1. The molecule has 0 radical (unpaired) electrons. The monoisotopic (exact) mass is 228 g/mol. The first-order valence-corrected chi connectivity index (χ1v) is 5.99. The molecule has 0 atom stereocenters. The Bertz CT molecular complexity index is 524. The van der Waals surface area contributed by atoms with Gasteiger partial charge in [0, 0.05) is 35.8 Å². The number of nitrogens with zero attached hydrogens (tertiary/aromatic N) is 1. The van der Waals surface area contributed by atoms with Crippen molar-refractivity contribution in [2.45, 2.75) is 0 Å². The molecule has 88 valence electrons. The van der Waals surface area contributed by atoms with Crippen LogP contribution in [0.25, 0.3) is 17.0 Å². The standard InChI is InChI=1S/C14H16N2O/c1-2-4-14-13(3-1)12(11-15-14)5-6-16-7-9-17-10-8-16/h1-6,11,15H,7-10H2. The van der Waals surface area contributed by atoms with Crippen LogP contribution < -0.4 is 0 Å². The quantitative estimate of drug-likeness (QED) is 0.855. The van der Waals surface area contributed by atoms with E-state index in [-0.39, 0.29) is 0 Å². The van der Waals surface area contributed by atoms with Crippen LogP contribution in [0.15, 0.2) is 36.7 Å². The summed E-state index contributed by atoms with van der Waals surface area (Å²) in [7, 11) is 0. The summed E-state index contributed by atoms with van der Waals surface area (Å²) in [6.07, 6.45) is 6.39. The van der Waals surface area contributed by atoms with Gasteiger partial charge in [-0.2, -0.15) is 0 Å². The molecule has 0 saturated carbocycles. The summed E-state index contributed by atoms with van der Waals surface area (Å²) >= 11 is 0. The van der Waals surface area contributed by atoms with Crippen LogP contribution in [-0.4, -0.2) is 36.2 Å². The van der Waals surface area contributed by atoms with Gasteiger partial charge >= 0.3 is 0 Å². The van der Waals surface area contributed by atoms with E-state index in [9.17, 15) is 0 Å². The molecular formula is C14H16N2O. The smallest absolute Gasteiger partial charge is 0.0642 e. The molecule has 3 nitrogen and oxygen atoms in total. The van der Waals surface area contributed by atoms with Crippen molar-refractivity contribution in [3.05, 3.63) is 42.2 Å². The number of ether oxygens (including phenoxy) is 1. The molecular weight excluding hydrogens is 212 g/mol. The van der Waals surface area contributed by atoms with E-state index < -0.39 is 0 Å². The number of para-hydroxylation sites is 1. The Morgan fingerprint density at radius 1 is 1.18 bits per heavy atom. The van der Waals surface area contributed by atoms with E-state index in [0.29, 0.717) is 0 Å². The summed E-state index contributed by atoms with van der Waals surface area (Å²) < 4.78 is 5.33. The van der Waals surface area contributed by atoms with Gasteiger partial charge in [-0.3, -0.25) is 0 Å². The van der Waals surface area contributed by atoms with Gasteiger partial charge < -0.3 is 14.6 Å². The highest BCUT2D eigenvalue weighted by atomic mass is 16.5. The minimum atomic E-state index is 0.832. The highest BCUT2D eigenvalue weighted by molar-refractivity contribution is 5.88. The third-order valence-electron chi connectivity index (χ3n) is 3.13. The third-order valence-corrected chi connectivity index (χ3v) is 3.13. The Labute approximate surface area is 101 Å². The molecule has 3 heteroatoms. The number of morpholine rings is 1. The lowest BCUT2D eigenvalue weighted by Gasteiger charge is -2.24. The molecule has 0 aliphatic carbocycles. The molecule has 17 heavy (non-hydrogen) atoms. The number of rotatable bonds is 2. The zero-order valence-corrected chi connectivity index (χ0v) is 9.73. The highest BCUT2D eigenvalue weighted by Gasteiger charge is 2.05. The number of hydrogen-bond donors (Lipinski definition) is 1. The van der Waals surface area contributed by atoms with Crippen LogP contribution in [0.5, 0.6) is 0 Å². The van der Waals surface area contributed by atoms with E-state index in [2.05, 4.69) is 46.6 Å². The lowest BCUT2D eigenvalue weighted by molar-refractivity contribution is 0.0598. The second-order valence-corrected chi connectivity index (χ2v) is 4.25. The number of fused-ring (bicyclic) bond motifs is 1. The lowest BCUT2D eigenvalue weighted by Crippen LogP contribution is -2.31. The fourth-order valence-electron chi connectivity index (χ4n) is 2.14. The van der Waals surface area contributed by atoms with E-state index in [1.807, 2.05) is 6.07 Å². The first kappa shape index (κ1) is 10.4. The average Bonchev–Trinajstić information content (AvgIpc) is 2.81. The molecule has 0 spiro atoms. The van der Waals surface area contributed by atoms with Crippen molar-refractivity contribution in [3.63, 3.8) is 0 Å².